The quantitative estimate of drug-likeness (QED) is 0.733. The molecule has 2 amide bonds. The molecule has 0 aliphatic carbocycles. The molecule has 1 atom stereocenters. The maximum absolute atomic E-state index is 13.0. The Kier molecular flexibility index (Phi) is 6.00. The first-order valence-corrected chi connectivity index (χ1v) is 10.9. The molecular weight excluding hydrogens is 396 g/mol. The second-order valence-corrected chi connectivity index (χ2v) is 8.04. The highest BCUT2D eigenvalue weighted by Crippen LogP contribution is 2.40. The number of methoxy groups -OCH3 is 1. The Balaban J connectivity index is 1.52. The first-order chi connectivity index (χ1) is 15.0. The molecule has 1 spiro atoms. The van der Waals surface area contributed by atoms with Crippen LogP contribution in [0.2, 0.25) is 0 Å². The molecule has 0 N–H and O–H groups in total. The molecule has 0 radical (unpaired) electrons. The lowest BCUT2D eigenvalue weighted by Gasteiger charge is -2.46. The molecule has 2 aliphatic heterocycles. The molecule has 3 heterocycles. The number of rotatable bonds is 5. The summed E-state index contributed by atoms with van der Waals surface area (Å²) in [6.45, 7) is 6.81. The Bertz CT molecular complexity index is 945. The van der Waals surface area contributed by atoms with Gasteiger partial charge in [-0.25, -0.2) is 4.98 Å². The van der Waals surface area contributed by atoms with Crippen molar-refractivity contribution in [2.45, 2.75) is 44.9 Å². The number of hydrogen-bond acceptors (Lipinski definition) is 5. The summed E-state index contributed by atoms with van der Waals surface area (Å²) < 4.78 is 13.8. The third kappa shape index (κ3) is 3.92. The fraction of sp³-hybridized carbons (Fsp3) is 0.522. The summed E-state index contributed by atoms with van der Waals surface area (Å²) in [5.41, 5.74) is -0.0450. The number of imidazole rings is 1. The highest BCUT2D eigenvalue weighted by Gasteiger charge is 2.48. The number of nitrogens with zero attached hydrogens (tertiary/aromatic N) is 4. The number of hydrogen-bond donors (Lipinski definition) is 0. The minimum absolute atomic E-state index is 0.0126. The van der Waals surface area contributed by atoms with E-state index in [4.69, 9.17) is 9.47 Å². The number of likely N-dealkylation sites (tertiary alicyclic amines) is 1. The Labute approximate surface area is 182 Å². The zero-order valence-electron chi connectivity index (χ0n) is 18.4. The van der Waals surface area contributed by atoms with Crippen molar-refractivity contribution in [3.05, 3.63) is 48.0 Å². The Hall–Kier alpha value is -2.87. The van der Waals surface area contributed by atoms with Crippen LogP contribution in [0.1, 0.15) is 42.9 Å². The largest absolute Gasteiger partial charge is 0.497 e. The minimum atomic E-state index is -0.652. The van der Waals surface area contributed by atoms with Crippen molar-refractivity contribution >= 4 is 11.8 Å². The lowest BCUT2D eigenvalue weighted by Crippen LogP contribution is -2.55. The number of aromatic nitrogens is 2. The zero-order valence-corrected chi connectivity index (χ0v) is 18.4. The minimum Gasteiger partial charge on any atom is -0.497 e. The molecule has 8 heteroatoms. The van der Waals surface area contributed by atoms with Gasteiger partial charge in [0.15, 0.2) is 6.10 Å². The molecule has 8 nitrogen and oxygen atoms in total. The van der Waals surface area contributed by atoms with Gasteiger partial charge in [0, 0.05) is 57.0 Å². The van der Waals surface area contributed by atoms with Crippen LogP contribution in [0.5, 0.6) is 5.75 Å². The van der Waals surface area contributed by atoms with Gasteiger partial charge in [-0.3, -0.25) is 9.59 Å². The van der Waals surface area contributed by atoms with E-state index >= 15 is 0 Å². The van der Waals surface area contributed by atoms with Crippen LogP contribution in [0.4, 0.5) is 0 Å². The fourth-order valence-corrected chi connectivity index (χ4v) is 4.62. The predicted molar refractivity (Wildman–Crippen MR) is 115 cm³/mol. The van der Waals surface area contributed by atoms with E-state index in [0.29, 0.717) is 56.9 Å². The highest BCUT2D eigenvalue weighted by molar-refractivity contribution is 5.94. The molecule has 31 heavy (non-hydrogen) atoms. The summed E-state index contributed by atoms with van der Waals surface area (Å²) in [5, 5.41) is 0. The van der Waals surface area contributed by atoms with Gasteiger partial charge >= 0.3 is 0 Å². The lowest BCUT2D eigenvalue weighted by atomic mass is 9.88. The van der Waals surface area contributed by atoms with Gasteiger partial charge in [-0.15, -0.1) is 0 Å². The van der Waals surface area contributed by atoms with Gasteiger partial charge in [-0.1, -0.05) is 6.07 Å². The average molecular weight is 427 g/mol. The molecule has 1 aromatic carbocycles. The van der Waals surface area contributed by atoms with Crippen molar-refractivity contribution in [3.63, 3.8) is 0 Å². The molecular formula is C23H30N4O4. The molecule has 1 saturated heterocycles. The normalized spacial score (nSPS) is 19.7. The average Bonchev–Trinajstić information content (AvgIpc) is 3.30. The maximum Gasteiger partial charge on any atom is 0.253 e. The molecule has 0 saturated carbocycles. The van der Waals surface area contributed by atoms with Crippen LogP contribution in [-0.2, 0) is 21.7 Å². The summed E-state index contributed by atoms with van der Waals surface area (Å²) in [5.74, 6) is 1.50. The van der Waals surface area contributed by atoms with E-state index in [-0.39, 0.29) is 11.8 Å². The Morgan fingerprint density at radius 3 is 2.68 bits per heavy atom. The molecule has 1 fully saturated rings. The second-order valence-electron chi connectivity index (χ2n) is 8.04. The summed E-state index contributed by atoms with van der Waals surface area (Å²) in [7, 11) is 1.59. The molecule has 2 aliphatic rings. The molecule has 0 bridgehead atoms. The summed E-state index contributed by atoms with van der Waals surface area (Å²) >= 11 is 0. The van der Waals surface area contributed by atoms with E-state index in [9.17, 15) is 9.59 Å². The number of piperidine rings is 1. The number of likely N-dealkylation sites (N-methyl/N-ethyl adjacent to an activating group) is 1. The standard InChI is InChI=1S/C23H30N4O4/c1-4-25(5-2)21(29)19-16-27-14-11-24-22(27)23(31-19)9-12-26(13-10-23)20(28)17-7-6-8-18(15-17)30-3/h6-8,11,14-15,19H,4-5,9-10,12-13,16H2,1-3H3. The van der Waals surface area contributed by atoms with Crippen molar-refractivity contribution < 1.29 is 19.1 Å². The summed E-state index contributed by atoms with van der Waals surface area (Å²) in [4.78, 5) is 34.3. The van der Waals surface area contributed by atoms with Crippen molar-refractivity contribution in [3.8, 4) is 5.75 Å². The van der Waals surface area contributed by atoms with Crippen molar-refractivity contribution in [1.29, 1.82) is 0 Å². The van der Waals surface area contributed by atoms with Crippen LogP contribution in [0.25, 0.3) is 0 Å². The topological polar surface area (TPSA) is 76.9 Å². The zero-order chi connectivity index (χ0) is 22.0. The number of amides is 2. The fourth-order valence-electron chi connectivity index (χ4n) is 4.62. The second kappa shape index (κ2) is 8.70. The third-order valence-electron chi connectivity index (χ3n) is 6.38. The Morgan fingerprint density at radius 2 is 2.00 bits per heavy atom. The third-order valence-corrected chi connectivity index (χ3v) is 6.38. The number of ether oxygens (including phenoxy) is 2. The van der Waals surface area contributed by atoms with E-state index < -0.39 is 11.7 Å². The van der Waals surface area contributed by atoms with Crippen LogP contribution in [0, 0.1) is 0 Å². The van der Waals surface area contributed by atoms with Gasteiger partial charge in [0.1, 0.15) is 17.2 Å². The van der Waals surface area contributed by atoms with Crippen LogP contribution in [0.15, 0.2) is 36.7 Å². The van der Waals surface area contributed by atoms with E-state index in [0.717, 1.165) is 5.82 Å². The van der Waals surface area contributed by atoms with Crippen LogP contribution in [-0.4, -0.2) is 70.6 Å². The predicted octanol–water partition coefficient (Wildman–Crippen LogP) is 2.29. The molecule has 166 valence electrons. The van der Waals surface area contributed by atoms with E-state index in [1.165, 1.54) is 0 Å². The van der Waals surface area contributed by atoms with Crippen LogP contribution < -0.4 is 4.74 Å². The molecule has 4 rings (SSSR count). The molecule has 1 unspecified atom stereocenters. The smallest absolute Gasteiger partial charge is 0.253 e. The van der Waals surface area contributed by atoms with Crippen molar-refractivity contribution in [2.24, 2.45) is 0 Å². The first kappa shape index (κ1) is 21.4. The van der Waals surface area contributed by atoms with Crippen LogP contribution >= 0.6 is 0 Å². The van der Waals surface area contributed by atoms with Gasteiger partial charge < -0.3 is 23.8 Å². The van der Waals surface area contributed by atoms with E-state index in [2.05, 4.69) is 4.98 Å². The van der Waals surface area contributed by atoms with E-state index in [1.54, 1.807) is 25.4 Å². The summed E-state index contributed by atoms with van der Waals surface area (Å²) in [6.07, 6.45) is 4.33. The lowest BCUT2D eigenvalue weighted by molar-refractivity contribution is -0.179. The van der Waals surface area contributed by atoms with E-state index in [1.807, 2.05) is 46.5 Å². The van der Waals surface area contributed by atoms with Crippen molar-refractivity contribution in [2.75, 3.05) is 33.3 Å². The highest BCUT2D eigenvalue weighted by atomic mass is 16.5. The number of carbonyl (C=O) groups excluding carboxylic acids is 2. The molecule has 1 aromatic heterocycles. The van der Waals surface area contributed by atoms with Gasteiger partial charge in [0.05, 0.1) is 13.7 Å². The summed E-state index contributed by atoms with van der Waals surface area (Å²) in [6, 6.07) is 7.21. The maximum atomic E-state index is 13.0. The van der Waals surface area contributed by atoms with Crippen molar-refractivity contribution in [1.82, 2.24) is 19.4 Å². The van der Waals surface area contributed by atoms with Gasteiger partial charge in [0.2, 0.25) is 0 Å². The van der Waals surface area contributed by atoms with Gasteiger partial charge in [0.25, 0.3) is 11.8 Å². The van der Waals surface area contributed by atoms with Gasteiger partial charge in [-0.2, -0.15) is 0 Å². The van der Waals surface area contributed by atoms with Gasteiger partial charge in [-0.05, 0) is 32.0 Å². The molecule has 2 aromatic rings. The number of benzene rings is 1. The Morgan fingerprint density at radius 1 is 1.26 bits per heavy atom. The van der Waals surface area contributed by atoms with Crippen LogP contribution in [0.3, 0.4) is 0 Å². The SMILES string of the molecule is CCN(CC)C(=O)C1Cn2ccnc2C2(CCN(C(=O)c3cccc(OC)c3)CC2)O1. The monoisotopic (exact) mass is 426 g/mol. The first-order valence-electron chi connectivity index (χ1n) is 10.9. The number of carbonyl (C=O) groups is 2. The number of fused-ring (bicyclic) bond motifs is 2.